The molecule has 4 aromatic rings. The highest BCUT2D eigenvalue weighted by Gasteiger charge is 2.17. The number of nitrogens with one attached hydrogen (secondary N) is 1. The highest BCUT2D eigenvalue weighted by atomic mass is 32.2. The van der Waals surface area contributed by atoms with Crippen LogP contribution in [0, 0.1) is 5.82 Å². The SMILES string of the molecule is NS(=O)(=O)c1ccc(NC(=O)CSc2nc3ccccc3c(=O)n2-c2ccccc2F)cc1. The van der Waals surface area contributed by atoms with Gasteiger partial charge in [-0.05, 0) is 48.5 Å². The molecule has 0 saturated carbocycles. The van der Waals surface area contributed by atoms with E-state index in [1.165, 1.54) is 42.5 Å². The van der Waals surface area contributed by atoms with Crippen LogP contribution in [0.2, 0.25) is 0 Å². The van der Waals surface area contributed by atoms with E-state index in [1.807, 2.05) is 0 Å². The van der Waals surface area contributed by atoms with Crippen LogP contribution in [0.15, 0.2) is 87.6 Å². The molecule has 1 amide bonds. The number of carbonyl (C=O) groups excluding carboxylic acids is 1. The van der Waals surface area contributed by atoms with Crippen LogP contribution < -0.4 is 16.0 Å². The third-order valence-electron chi connectivity index (χ3n) is 4.64. The Morgan fingerprint density at radius 2 is 1.70 bits per heavy atom. The molecular weight excluding hydrogens is 467 g/mol. The van der Waals surface area contributed by atoms with Crippen LogP contribution in [0.5, 0.6) is 0 Å². The summed E-state index contributed by atoms with van der Waals surface area (Å²) in [5.41, 5.74) is 0.372. The number of fused-ring (bicyclic) bond motifs is 1. The predicted molar refractivity (Wildman–Crippen MR) is 124 cm³/mol. The van der Waals surface area contributed by atoms with Gasteiger partial charge in [-0.3, -0.25) is 14.2 Å². The number of amides is 1. The van der Waals surface area contributed by atoms with Crippen LogP contribution in [0.25, 0.3) is 16.6 Å². The monoisotopic (exact) mass is 484 g/mol. The quantitative estimate of drug-likeness (QED) is 0.320. The lowest BCUT2D eigenvalue weighted by Crippen LogP contribution is -2.23. The van der Waals surface area contributed by atoms with Crippen molar-refractivity contribution in [2.24, 2.45) is 5.14 Å². The Morgan fingerprint density at radius 1 is 1.03 bits per heavy atom. The molecule has 0 aliphatic rings. The Morgan fingerprint density at radius 3 is 2.39 bits per heavy atom. The first-order valence-electron chi connectivity index (χ1n) is 9.56. The molecule has 0 spiro atoms. The number of para-hydroxylation sites is 2. The van der Waals surface area contributed by atoms with Gasteiger partial charge in [0.1, 0.15) is 5.82 Å². The number of carbonyl (C=O) groups is 1. The molecule has 4 rings (SSSR count). The molecule has 0 aliphatic carbocycles. The molecule has 3 N–H and O–H groups in total. The molecule has 0 aliphatic heterocycles. The van der Waals surface area contributed by atoms with E-state index in [1.54, 1.807) is 30.3 Å². The predicted octanol–water partition coefficient (Wildman–Crippen LogP) is 2.90. The maximum Gasteiger partial charge on any atom is 0.266 e. The zero-order valence-electron chi connectivity index (χ0n) is 16.9. The number of rotatable bonds is 6. The molecule has 168 valence electrons. The number of benzene rings is 3. The van der Waals surface area contributed by atoms with E-state index in [0.717, 1.165) is 16.3 Å². The van der Waals surface area contributed by atoms with Crippen LogP contribution in [0.1, 0.15) is 0 Å². The molecule has 8 nitrogen and oxygen atoms in total. The summed E-state index contributed by atoms with van der Waals surface area (Å²) < 4.78 is 38.3. The molecule has 0 unspecified atom stereocenters. The highest BCUT2D eigenvalue weighted by molar-refractivity contribution is 7.99. The van der Waals surface area contributed by atoms with Crippen molar-refractivity contribution in [3.63, 3.8) is 0 Å². The normalized spacial score (nSPS) is 11.5. The second kappa shape index (κ2) is 9.14. The second-order valence-corrected chi connectivity index (χ2v) is 9.41. The van der Waals surface area contributed by atoms with Gasteiger partial charge in [0.05, 0.1) is 27.2 Å². The van der Waals surface area contributed by atoms with Crippen LogP contribution in [-0.4, -0.2) is 29.6 Å². The van der Waals surface area contributed by atoms with Gasteiger partial charge in [0.2, 0.25) is 15.9 Å². The number of anilines is 1. The topological polar surface area (TPSA) is 124 Å². The Bertz CT molecular complexity index is 1520. The Labute approximate surface area is 192 Å². The van der Waals surface area contributed by atoms with E-state index in [0.29, 0.717) is 16.6 Å². The fourth-order valence-corrected chi connectivity index (χ4v) is 4.43. The van der Waals surface area contributed by atoms with E-state index >= 15 is 0 Å². The first kappa shape index (κ1) is 22.6. The highest BCUT2D eigenvalue weighted by Crippen LogP contribution is 2.23. The summed E-state index contributed by atoms with van der Waals surface area (Å²) in [6.45, 7) is 0. The molecule has 1 heterocycles. The van der Waals surface area contributed by atoms with Gasteiger partial charge >= 0.3 is 0 Å². The van der Waals surface area contributed by atoms with Gasteiger partial charge in [-0.25, -0.2) is 22.9 Å². The van der Waals surface area contributed by atoms with Crippen molar-refractivity contribution in [3.8, 4) is 5.69 Å². The molecule has 0 atom stereocenters. The van der Waals surface area contributed by atoms with Crippen LogP contribution in [0.4, 0.5) is 10.1 Å². The number of nitrogens with two attached hydrogens (primary N) is 1. The number of halogens is 1. The zero-order chi connectivity index (χ0) is 23.6. The number of hydrogen-bond donors (Lipinski definition) is 2. The van der Waals surface area contributed by atoms with Crippen molar-refractivity contribution in [3.05, 3.63) is 89.0 Å². The summed E-state index contributed by atoms with van der Waals surface area (Å²) in [6.07, 6.45) is 0. The van der Waals surface area contributed by atoms with Crippen molar-refractivity contribution in [1.82, 2.24) is 9.55 Å². The molecule has 1 aromatic heterocycles. The van der Waals surface area contributed by atoms with Crippen LogP contribution >= 0.6 is 11.8 Å². The first-order chi connectivity index (χ1) is 15.7. The number of nitrogens with zero attached hydrogens (tertiary/aromatic N) is 2. The lowest BCUT2D eigenvalue weighted by molar-refractivity contribution is -0.113. The van der Waals surface area contributed by atoms with Gasteiger partial charge < -0.3 is 5.32 Å². The summed E-state index contributed by atoms with van der Waals surface area (Å²) in [7, 11) is -3.84. The molecule has 0 saturated heterocycles. The van der Waals surface area contributed by atoms with E-state index in [9.17, 15) is 22.4 Å². The summed E-state index contributed by atoms with van der Waals surface area (Å²) in [4.78, 5) is 30.0. The summed E-state index contributed by atoms with van der Waals surface area (Å²) in [5, 5.41) is 8.17. The van der Waals surface area contributed by atoms with Crippen molar-refractivity contribution >= 4 is 44.3 Å². The van der Waals surface area contributed by atoms with Crippen molar-refractivity contribution < 1.29 is 17.6 Å². The van der Waals surface area contributed by atoms with Crippen molar-refractivity contribution in [2.75, 3.05) is 11.1 Å². The number of aromatic nitrogens is 2. The largest absolute Gasteiger partial charge is 0.325 e. The minimum absolute atomic E-state index is 0.0299. The van der Waals surface area contributed by atoms with Gasteiger partial charge in [0.15, 0.2) is 5.16 Å². The van der Waals surface area contributed by atoms with Crippen molar-refractivity contribution in [1.29, 1.82) is 0 Å². The molecule has 0 radical (unpaired) electrons. The van der Waals surface area contributed by atoms with Gasteiger partial charge in [0, 0.05) is 5.69 Å². The number of primary sulfonamides is 1. The average Bonchev–Trinajstić information content (AvgIpc) is 2.78. The first-order valence-corrected chi connectivity index (χ1v) is 12.1. The minimum atomic E-state index is -3.84. The maximum atomic E-state index is 14.5. The van der Waals surface area contributed by atoms with E-state index in [-0.39, 0.29) is 21.5 Å². The lowest BCUT2D eigenvalue weighted by atomic mass is 10.2. The van der Waals surface area contributed by atoms with Gasteiger partial charge in [-0.15, -0.1) is 0 Å². The van der Waals surface area contributed by atoms with E-state index in [2.05, 4.69) is 10.3 Å². The summed E-state index contributed by atoms with van der Waals surface area (Å²) in [5.74, 6) is -1.15. The second-order valence-electron chi connectivity index (χ2n) is 6.91. The number of thioether (sulfide) groups is 1. The molecule has 0 fully saturated rings. The van der Waals surface area contributed by atoms with E-state index < -0.39 is 27.3 Å². The number of sulfonamides is 1. The van der Waals surface area contributed by atoms with Crippen LogP contribution in [-0.2, 0) is 14.8 Å². The fraction of sp³-hybridized carbons (Fsp3) is 0.0455. The zero-order valence-corrected chi connectivity index (χ0v) is 18.6. The molecule has 33 heavy (non-hydrogen) atoms. The van der Waals surface area contributed by atoms with Gasteiger partial charge in [0.25, 0.3) is 5.56 Å². The summed E-state index contributed by atoms with van der Waals surface area (Å²) in [6, 6.07) is 17.9. The third-order valence-corrected chi connectivity index (χ3v) is 6.51. The molecule has 3 aromatic carbocycles. The molecule has 11 heteroatoms. The minimum Gasteiger partial charge on any atom is -0.325 e. The van der Waals surface area contributed by atoms with Crippen LogP contribution in [0.3, 0.4) is 0 Å². The molecular formula is C22H17FN4O4S2. The van der Waals surface area contributed by atoms with Gasteiger partial charge in [-0.2, -0.15) is 0 Å². The fourth-order valence-electron chi connectivity index (χ4n) is 3.11. The smallest absolute Gasteiger partial charge is 0.266 e. The Hall–Kier alpha value is -3.54. The third kappa shape index (κ3) is 4.95. The van der Waals surface area contributed by atoms with Crippen molar-refractivity contribution in [2.45, 2.75) is 10.1 Å². The van der Waals surface area contributed by atoms with E-state index in [4.69, 9.17) is 5.14 Å². The molecule has 0 bridgehead atoms. The lowest BCUT2D eigenvalue weighted by Gasteiger charge is -2.14. The Kier molecular flexibility index (Phi) is 6.27. The standard InChI is InChI=1S/C22H17FN4O4S2/c23-17-6-2-4-8-19(17)27-21(29)16-5-1-3-7-18(16)26-22(27)32-13-20(28)25-14-9-11-15(12-10-14)33(24,30)31/h1-12H,13H2,(H,25,28)(H2,24,30,31). The number of hydrogen-bond acceptors (Lipinski definition) is 6. The maximum absolute atomic E-state index is 14.5. The van der Waals surface area contributed by atoms with Gasteiger partial charge in [-0.1, -0.05) is 36.0 Å². The summed E-state index contributed by atoms with van der Waals surface area (Å²) >= 11 is 0.972. The Balaban J connectivity index is 1.62. The average molecular weight is 485 g/mol.